The molecule has 0 spiro atoms. The predicted molar refractivity (Wildman–Crippen MR) is 57.7 cm³/mol. The summed E-state index contributed by atoms with van der Waals surface area (Å²) in [7, 11) is 0. The van der Waals surface area contributed by atoms with Crippen molar-refractivity contribution in [2.24, 2.45) is 4.99 Å². The van der Waals surface area contributed by atoms with Crippen molar-refractivity contribution in [3.63, 3.8) is 0 Å². The molecule has 0 aliphatic carbocycles. The van der Waals surface area contributed by atoms with Crippen molar-refractivity contribution in [1.29, 1.82) is 0 Å². The Labute approximate surface area is 88.5 Å². The van der Waals surface area contributed by atoms with Crippen molar-refractivity contribution >= 4 is 18.1 Å². The molecule has 0 bridgehead atoms. The summed E-state index contributed by atoms with van der Waals surface area (Å²) in [4.78, 5) is 4.25. The number of phenolic OH excluding ortho intramolecular Hbond substituents is 2. The second kappa shape index (κ2) is 4.33. The highest BCUT2D eigenvalue weighted by atomic mass is 35.5. The zero-order valence-electron chi connectivity index (χ0n) is 7.60. The molecule has 0 atom stereocenters. The van der Waals surface area contributed by atoms with Gasteiger partial charge >= 0.3 is 0 Å². The summed E-state index contributed by atoms with van der Waals surface area (Å²) in [5.41, 5.74) is 1.56. The zero-order chi connectivity index (χ0) is 9.26. The summed E-state index contributed by atoms with van der Waals surface area (Å²) in [5.74, 6) is 0.362. The third-order valence-corrected chi connectivity index (χ3v) is 2.17. The molecule has 1 aromatic carbocycles. The van der Waals surface area contributed by atoms with E-state index in [1.807, 2.05) is 0 Å². The standard InChI is InChI=1S/C10H11NO2.ClH/c12-7-3-4-10(13)8(6-7)9-2-1-5-11-9;/h3-4,6,12-13H,1-2,5H2;1H. The molecule has 4 heteroatoms. The summed E-state index contributed by atoms with van der Waals surface area (Å²) in [6, 6.07) is 4.51. The van der Waals surface area contributed by atoms with Crippen LogP contribution in [0.2, 0.25) is 0 Å². The third kappa shape index (κ3) is 1.99. The molecule has 1 heterocycles. The number of rotatable bonds is 1. The molecule has 0 saturated carbocycles. The molecule has 76 valence electrons. The Bertz CT molecular complexity index is 363. The molecule has 2 rings (SSSR count). The Morgan fingerprint density at radius 2 is 2.00 bits per heavy atom. The van der Waals surface area contributed by atoms with Crippen LogP contribution in [0.1, 0.15) is 18.4 Å². The van der Waals surface area contributed by atoms with E-state index in [0.717, 1.165) is 25.1 Å². The second-order valence-electron chi connectivity index (χ2n) is 3.13. The smallest absolute Gasteiger partial charge is 0.124 e. The lowest BCUT2D eigenvalue weighted by molar-refractivity contribution is 0.459. The lowest BCUT2D eigenvalue weighted by atomic mass is 10.1. The van der Waals surface area contributed by atoms with Crippen LogP contribution in [0.25, 0.3) is 0 Å². The van der Waals surface area contributed by atoms with E-state index in [-0.39, 0.29) is 23.9 Å². The number of hydrogen-bond acceptors (Lipinski definition) is 3. The molecule has 0 unspecified atom stereocenters. The molecular weight excluding hydrogens is 202 g/mol. The Morgan fingerprint density at radius 3 is 2.64 bits per heavy atom. The highest BCUT2D eigenvalue weighted by Gasteiger charge is 2.13. The van der Waals surface area contributed by atoms with E-state index in [1.54, 1.807) is 6.07 Å². The first-order valence-corrected chi connectivity index (χ1v) is 4.33. The normalized spacial score (nSPS) is 14.7. The summed E-state index contributed by atoms with van der Waals surface area (Å²) >= 11 is 0. The number of benzene rings is 1. The number of phenols is 2. The predicted octanol–water partition coefficient (Wildman–Crippen LogP) is 2.10. The quantitative estimate of drug-likeness (QED) is 0.702. The molecule has 1 aliphatic heterocycles. The molecule has 1 aromatic rings. The Hall–Kier alpha value is -1.22. The average molecular weight is 214 g/mol. The Morgan fingerprint density at radius 1 is 1.21 bits per heavy atom. The van der Waals surface area contributed by atoms with E-state index >= 15 is 0 Å². The van der Waals surface area contributed by atoms with Gasteiger partial charge in [-0.05, 0) is 31.0 Å². The maximum Gasteiger partial charge on any atom is 0.124 e. The average Bonchev–Trinajstić information content (AvgIpc) is 2.61. The topological polar surface area (TPSA) is 52.8 Å². The number of hydrogen-bond donors (Lipinski definition) is 2. The van der Waals surface area contributed by atoms with E-state index in [9.17, 15) is 10.2 Å². The van der Waals surface area contributed by atoms with Gasteiger partial charge in [0.05, 0.1) is 0 Å². The molecule has 0 amide bonds. The van der Waals surface area contributed by atoms with Gasteiger partial charge in [-0.3, -0.25) is 4.99 Å². The second-order valence-corrected chi connectivity index (χ2v) is 3.13. The lowest BCUT2D eigenvalue weighted by Gasteiger charge is -2.03. The van der Waals surface area contributed by atoms with Gasteiger partial charge in [-0.2, -0.15) is 0 Å². The fourth-order valence-electron chi connectivity index (χ4n) is 1.51. The SMILES string of the molecule is Cl.Oc1ccc(O)c(C2=NCCC2)c1. The molecule has 0 aromatic heterocycles. The number of halogens is 1. The minimum absolute atomic E-state index is 0. The monoisotopic (exact) mass is 213 g/mol. The van der Waals surface area contributed by atoms with Crippen molar-refractivity contribution in [3.05, 3.63) is 23.8 Å². The van der Waals surface area contributed by atoms with Gasteiger partial charge in [-0.1, -0.05) is 0 Å². The minimum atomic E-state index is 0. The maximum atomic E-state index is 9.50. The number of aromatic hydroxyl groups is 2. The van der Waals surface area contributed by atoms with E-state index in [1.165, 1.54) is 12.1 Å². The van der Waals surface area contributed by atoms with Gasteiger partial charge in [-0.15, -0.1) is 12.4 Å². The fraction of sp³-hybridized carbons (Fsp3) is 0.300. The molecule has 2 N–H and O–H groups in total. The van der Waals surface area contributed by atoms with Crippen LogP contribution in [0, 0.1) is 0 Å². The largest absolute Gasteiger partial charge is 0.508 e. The van der Waals surface area contributed by atoms with Crippen molar-refractivity contribution < 1.29 is 10.2 Å². The molecule has 0 radical (unpaired) electrons. The van der Waals surface area contributed by atoms with Crippen LogP contribution in [0.5, 0.6) is 11.5 Å². The van der Waals surface area contributed by atoms with Crippen LogP contribution in [0.4, 0.5) is 0 Å². The van der Waals surface area contributed by atoms with Gasteiger partial charge in [0.25, 0.3) is 0 Å². The molecule has 1 aliphatic rings. The van der Waals surface area contributed by atoms with E-state index in [4.69, 9.17) is 0 Å². The van der Waals surface area contributed by atoms with Gasteiger partial charge in [-0.25, -0.2) is 0 Å². The summed E-state index contributed by atoms with van der Waals surface area (Å²) in [6.45, 7) is 0.824. The number of nitrogens with zero attached hydrogens (tertiary/aromatic N) is 1. The van der Waals surface area contributed by atoms with Crippen LogP contribution in [0.15, 0.2) is 23.2 Å². The van der Waals surface area contributed by atoms with E-state index in [2.05, 4.69) is 4.99 Å². The molecule has 0 fully saturated rings. The summed E-state index contributed by atoms with van der Waals surface area (Å²) in [5, 5.41) is 18.7. The van der Waals surface area contributed by atoms with Crippen LogP contribution < -0.4 is 0 Å². The van der Waals surface area contributed by atoms with Crippen molar-refractivity contribution in [3.8, 4) is 11.5 Å². The molecule has 0 saturated heterocycles. The van der Waals surface area contributed by atoms with Gasteiger partial charge in [0.1, 0.15) is 11.5 Å². The van der Waals surface area contributed by atoms with Crippen molar-refractivity contribution in [2.45, 2.75) is 12.8 Å². The first-order valence-electron chi connectivity index (χ1n) is 4.33. The molecular formula is C10H12ClNO2. The van der Waals surface area contributed by atoms with Crippen LogP contribution >= 0.6 is 12.4 Å². The van der Waals surface area contributed by atoms with Gasteiger partial charge in [0, 0.05) is 17.8 Å². The summed E-state index contributed by atoms with van der Waals surface area (Å²) < 4.78 is 0. The van der Waals surface area contributed by atoms with Gasteiger partial charge in [0.15, 0.2) is 0 Å². The van der Waals surface area contributed by atoms with E-state index in [0.29, 0.717) is 5.56 Å². The molecule has 14 heavy (non-hydrogen) atoms. The highest BCUT2D eigenvalue weighted by molar-refractivity contribution is 6.03. The highest BCUT2D eigenvalue weighted by Crippen LogP contribution is 2.25. The Kier molecular flexibility index (Phi) is 3.36. The third-order valence-electron chi connectivity index (χ3n) is 2.17. The van der Waals surface area contributed by atoms with Crippen LogP contribution in [-0.4, -0.2) is 22.5 Å². The Balaban J connectivity index is 0.000000980. The first kappa shape index (κ1) is 10.9. The van der Waals surface area contributed by atoms with E-state index < -0.39 is 0 Å². The van der Waals surface area contributed by atoms with Gasteiger partial charge < -0.3 is 10.2 Å². The lowest BCUT2D eigenvalue weighted by Crippen LogP contribution is -1.95. The first-order chi connectivity index (χ1) is 6.27. The minimum Gasteiger partial charge on any atom is -0.508 e. The maximum absolute atomic E-state index is 9.50. The van der Waals surface area contributed by atoms with Gasteiger partial charge in [0.2, 0.25) is 0 Å². The zero-order valence-corrected chi connectivity index (χ0v) is 8.42. The van der Waals surface area contributed by atoms with Crippen LogP contribution in [0.3, 0.4) is 0 Å². The summed E-state index contributed by atoms with van der Waals surface area (Å²) in [6.07, 6.45) is 1.92. The van der Waals surface area contributed by atoms with Crippen LogP contribution in [-0.2, 0) is 0 Å². The van der Waals surface area contributed by atoms with Crippen molar-refractivity contribution in [2.75, 3.05) is 6.54 Å². The van der Waals surface area contributed by atoms with Crippen molar-refractivity contribution in [1.82, 2.24) is 0 Å². The fourth-order valence-corrected chi connectivity index (χ4v) is 1.51. The number of aliphatic imine (C=N–C) groups is 1. The molecule has 3 nitrogen and oxygen atoms in total.